The van der Waals surface area contributed by atoms with E-state index in [-0.39, 0.29) is 10.8 Å². The molecule has 0 spiro atoms. The van der Waals surface area contributed by atoms with Crippen LogP contribution in [-0.2, 0) is 10.0 Å². The molecule has 1 heterocycles. The molecule has 4 rings (SSSR count). The minimum Gasteiger partial charge on any atom is -0.494 e. The summed E-state index contributed by atoms with van der Waals surface area (Å²) in [6, 6.07) is 19.2. The van der Waals surface area contributed by atoms with Crippen molar-refractivity contribution >= 4 is 44.3 Å². The lowest BCUT2D eigenvalue weighted by Crippen LogP contribution is -2.20. The highest BCUT2D eigenvalue weighted by atomic mass is 35.5. The highest BCUT2D eigenvalue weighted by molar-refractivity contribution is 7.89. The highest BCUT2D eigenvalue weighted by Crippen LogP contribution is 2.29. The van der Waals surface area contributed by atoms with Gasteiger partial charge in [0.2, 0.25) is 15.9 Å². The predicted octanol–water partition coefficient (Wildman–Crippen LogP) is 3.75. The summed E-state index contributed by atoms with van der Waals surface area (Å²) < 4.78 is 24.0. The van der Waals surface area contributed by atoms with Gasteiger partial charge in [-0.2, -0.15) is 0 Å². The van der Waals surface area contributed by atoms with Gasteiger partial charge >= 0.3 is 0 Å². The first-order valence-corrected chi connectivity index (χ1v) is 11.0. The Balaban J connectivity index is 1.91. The summed E-state index contributed by atoms with van der Waals surface area (Å²) >= 11 is 6.27. The molecule has 31 heavy (non-hydrogen) atoms. The molecular formula is C22H16ClN3O4S. The third-order valence-electron chi connectivity index (χ3n) is 4.70. The maximum atomic E-state index is 13.1. The number of halogens is 1. The summed E-state index contributed by atoms with van der Waals surface area (Å²) in [6.07, 6.45) is 1.41. The van der Waals surface area contributed by atoms with Crippen LogP contribution in [0.2, 0.25) is 5.02 Å². The number of nitrogens with two attached hydrogens (primary N) is 1. The molecule has 0 fully saturated rings. The minimum atomic E-state index is -3.81. The van der Waals surface area contributed by atoms with Crippen molar-refractivity contribution in [3.05, 3.63) is 93.7 Å². The maximum Gasteiger partial charge on any atom is 0.265 e. The van der Waals surface area contributed by atoms with Crippen molar-refractivity contribution in [2.45, 2.75) is 4.90 Å². The van der Waals surface area contributed by atoms with Crippen molar-refractivity contribution in [3.63, 3.8) is 0 Å². The number of hydrogen-bond donors (Lipinski definition) is 2. The van der Waals surface area contributed by atoms with E-state index in [1.807, 2.05) is 0 Å². The molecule has 0 amide bonds. The molecule has 0 radical (unpaired) electrons. The molecular weight excluding hydrogens is 438 g/mol. The summed E-state index contributed by atoms with van der Waals surface area (Å²) in [5.74, 6) is -0.318. The second-order valence-electron chi connectivity index (χ2n) is 6.67. The Morgan fingerprint density at radius 3 is 2.19 bits per heavy atom. The van der Waals surface area contributed by atoms with Crippen LogP contribution in [0.1, 0.15) is 5.56 Å². The molecule has 1 aromatic heterocycles. The van der Waals surface area contributed by atoms with Crippen LogP contribution in [0.4, 0.5) is 5.69 Å². The van der Waals surface area contributed by atoms with Gasteiger partial charge in [-0.25, -0.2) is 18.1 Å². The molecule has 156 valence electrons. The molecule has 0 unspecified atom stereocenters. The number of nitrogens with zero attached hydrogens (tertiary/aromatic N) is 2. The van der Waals surface area contributed by atoms with Crippen molar-refractivity contribution in [1.29, 1.82) is 0 Å². The Kier molecular flexibility index (Phi) is 5.36. The smallest absolute Gasteiger partial charge is 0.265 e. The van der Waals surface area contributed by atoms with Crippen molar-refractivity contribution in [2.24, 2.45) is 10.1 Å². The van der Waals surface area contributed by atoms with E-state index in [0.717, 1.165) is 4.57 Å². The molecule has 4 aromatic rings. The minimum absolute atomic E-state index is 0.0352. The fourth-order valence-corrected chi connectivity index (χ4v) is 3.94. The van der Waals surface area contributed by atoms with Gasteiger partial charge < -0.3 is 5.11 Å². The summed E-state index contributed by atoms with van der Waals surface area (Å²) in [5.41, 5.74) is 0.664. The van der Waals surface area contributed by atoms with Gasteiger partial charge in [0.05, 0.1) is 26.9 Å². The Bertz CT molecular complexity index is 1490. The Hall–Kier alpha value is -3.46. The quantitative estimate of drug-likeness (QED) is 0.458. The molecule has 0 aliphatic rings. The van der Waals surface area contributed by atoms with E-state index in [2.05, 4.69) is 4.99 Å². The number of sulfonamides is 1. The van der Waals surface area contributed by atoms with E-state index in [0.29, 0.717) is 32.7 Å². The van der Waals surface area contributed by atoms with Crippen LogP contribution in [0.3, 0.4) is 0 Å². The van der Waals surface area contributed by atoms with E-state index < -0.39 is 15.6 Å². The molecule has 0 saturated carbocycles. The van der Waals surface area contributed by atoms with Gasteiger partial charge in [-0.15, -0.1) is 0 Å². The van der Waals surface area contributed by atoms with Crippen LogP contribution in [0.15, 0.2) is 87.5 Å². The zero-order valence-corrected chi connectivity index (χ0v) is 17.5. The largest absolute Gasteiger partial charge is 0.494 e. The lowest BCUT2D eigenvalue weighted by atomic mass is 10.1. The number of fused-ring (bicyclic) bond motifs is 1. The van der Waals surface area contributed by atoms with Gasteiger partial charge in [0.15, 0.2) is 0 Å². The van der Waals surface area contributed by atoms with Gasteiger partial charge in [0.25, 0.3) is 5.56 Å². The Labute approximate surface area is 182 Å². The number of para-hydroxylation sites is 1. The van der Waals surface area contributed by atoms with Gasteiger partial charge in [-0.1, -0.05) is 41.9 Å². The number of benzene rings is 3. The fraction of sp³-hybridized carbons (Fsp3) is 0. The van der Waals surface area contributed by atoms with Crippen LogP contribution >= 0.6 is 11.6 Å². The van der Waals surface area contributed by atoms with Gasteiger partial charge in [-0.05, 0) is 42.5 Å². The summed E-state index contributed by atoms with van der Waals surface area (Å²) in [4.78, 5) is 17.4. The summed E-state index contributed by atoms with van der Waals surface area (Å²) in [6.45, 7) is 0. The third-order valence-corrected chi connectivity index (χ3v) is 5.95. The predicted molar refractivity (Wildman–Crippen MR) is 121 cm³/mol. The second-order valence-corrected chi connectivity index (χ2v) is 8.64. The average molecular weight is 454 g/mol. The van der Waals surface area contributed by atoms with Gasteiger partial charge in [0, 0.05) is 17.0 Å². The molecule has 9 heteroatoms. The molecule has 0 aliphatic heterocycles. The van der Waals surface area contributed by atoms with E-state index in [4.69, 9.17) is 16.7 Å². The number of aliphatic imine (C=N–C) groups is 1. The molecule has 0 atom stereocenters. The van der Waals surface area contributed by atoms with Crippen LogP contribution in [0, 0.1) is 0 Å². The maximum absolute atomic E-state index is 13.1. The van der Waals surface area contributed by atoms with Crippen molar-refractivity contribution in [3.8, 4) is 11.6 Å². The molecule has 0 bridgehead atoms. The average Bonchev–Trinajstić information content (AvgIpc) is 2.75. The zero-order chi connectivity index (χ0) is 22.2. The first-order valence-electron chi connectivity index (χ1n) is 9.06. The summed E-state index contributed by atoms with van der Waals surface area (Å²) in [7, 11) is -3.81. The normalized spacial score (nSPS) is 11.9. The van der Waals surface area contributed by atoms with Crippen LogP contribution in [0.5, 0.6) is 5.88 Å². The summed E-state index contributed by atoms with van der Waals surface area (Å²) in [5, 5.41) is 17.3. The van der Waals surface area contributed by atoms with Crippen molar-refractivity contribution in [1.82, 2.24) is 4.57 Å². The third kappa shape index (κ3) is 3.96. The first-order chi connectivity index (χ1) is 14.8. The van der Waals surface area contributed by atoms with Crippen molar-refractivity contribution < 1.29 is 13.5 Å². The lowest BCUT2D eigenvalue weighted by Gasteiger charge is -2.14. The first kappa shape index (κ1) is 20.8. The molecule has 0 aliphatic carbocycles. The zero-order valence-electron chi connectivity index (χ0n) is 15.9. The molecule has 7 nitrogen and oxygen atoms in total. The van der Waals surface area contributed by atoms with E-state index >= 15 is 0 Å². The van der Waals surface area contributed by atoms with E-state index in [1.54, 1.807) is 48.5 Å². The highest BCUT2D eigenvalue weighted by Gasteiger charge is 2.17. The standard InChI is InChI=1S/C22H16ClN3O4S/c23-19-7-3-4-8-20(19)26-21(27)17-6-2-1-5-16(17)18(22(26)28)13-25-14-9-11-15(12-10-14)31(24,29)30/h1-13,28H,(H2,24,29,30). The monoisotopic (exact) mass is 453 g/mol. The number of aromatic hydroxyl groups is 1. The number of primary sulfonamides is 1. The van der Waals surface area contributed by atoms with E-state index in [9.17, 15) is 18.3 Å². The number of rotatable bonds is 4. The number of aromatic nitrogens is 1. The molecule has 0 saturated heterocycles. The van der Waals surface area contributed by atoms with Gasteiger partial charge in [-0.3, -0.25) is 9.79 Å². The van der Waals surface area contributed by atoms with Crippen LogP contribution in [0.25, 0.3) is 16.5 Å². The second kappa shape index (κ2) is 7.99. The Morgan fingerprint density at radius 2 is 1.55 bits per heavy atom. The molecule has 3 aromatic carbocycles. The van der Waals surface area contributed by atoms with Gasteiger partial charge in [0.1, 0.15) is 0 Å². The lowest BCUT2D eigenvalue weighted by molar-refractivity contribution is 0.436. The topological polar surface area (TPSA) is 115 Å². The number of pyridine rings is 1. The number of hydrogen-bond acceptors (Lipinski definition) is 5. The van der Waals surface area contributed by atoms with Crippen LogP contribution in [-0.4, -0.2) is 24.3 Å². The SMILES string of the molecule is NS(=O)(=O)c1ccc(N=Cc2c(O)n(-c3ccccc3Cl)c(=O)c3ccccc23)cc1. The Morgan fingerprint density at radius 1 is 0.935 bits per heavy atom. The van der Waals surface area contributed by atoms with Crippen LogP contribution < -0.4 is 10.7 Å². The molecule has 3 N–H and O–H groups in total. The fourth-order valence-electron chi connectivity index (χ4n) is 3.21. The van der Waals surface area contributed by atoms with E-state index in [1.165, 1.54) is 30.5 Å². The van der Waals surface area contributed by atoms with Crippen molar-refractivity contribution in [2.75, 3.05) is 0 Å².